The monoisotopic (exact) mass is 280 g/mol. The molecule has 0 fully saturated rings. The lowest BCUT2D eigenvalue weighted by Crippen LogP contribution is -2.10. The number of benzene rings is 2. The van der Waals surface area contributed by atoms with Crippen molar-refractivity contribution in [3.63, 3.8) is 0 Å². The van der Waals surface area contributed by atoms with E-state index >= 15 is 0 Å². The molecule has 1 aliphatic rings. The fourth-order valence-electron chi connectivity index (χ4n) is 3.13. The van der Waals surface area contributed by atoms with Crippen LogP contribution in [0.15, 0.2) is 48.5 Å². The Labute approximate surface area is 125 Å². The fourth-order valence-corrected chi connectivity index (χ4v) is 3.13. The smallest absolute Gasteiger partial charge is 0.140 e. The van der Waals surface area contributed by atoms with E-state index in [-0.39, 0.29) is 5.92 Å². The summed E-state index contributed by atoms with van der Waals surface area (Å²) in [5.74, 6) is 1.34. The fraction of sp³-hybridized carbons (Fsp3) is 0.316. The number of hydrogen-bond donors (Lipinski definition) is 0. The maximum absolute atomic E-state index is 12.5. The third kappa shape index (κ3) is 2.99. The highest BCUT2D eigenvalue weighted by Crippen LogP contribution is 2.34. The van der Waals surface area contributed by atoms with Crippen molar-refractivity contribution in [3.8, 4) is 5.75 Å². The van der Waals surface area contributed by atoms with Gasteiger partial charge in [0.1, 0.15) is 11.5 Å². The number of rotatable bonds is 5. The van der Waals surface area contributed by atoms with E-state index in [0.29, 0.717) is 12.2 Å². The second-order valence-electron chi connectivity index (χ2n) is 5.60. The molecule has 0 saturated heterocycles. The highest BCUT2D eigenvalue weighted by Gasteiger charge is 2.27. The molecule has 1 aliphatic carbocycles. The zero-order chi connectivity index (χ0) is 14.7. The Bertz CT molecular complexity index is 628. The second kappa shape index (κ2) is 6.13. The van der Waals surface area contributed by atoms with E-state index in [2.05, 4.69) is 18.2 Å². The van der Waals surface area contributed by atoms with E-state index in [9.17, 15) is 4.79 Å². The third-order valence-electron chi connectivity index (χ3n) is 4.34. The molecular formula is C19H20O2. The number of fused-ring (bicyclic) bond motifs is 1. The van der Waals surface area contributed by atoms with Gasteiger partial charge in [-0.25, -0.2) is 0 Å². The lowest BCUT2D eigenvalue weighted by atomic mass is 9.93. The normalized spacial score (nSPS) is 16.5. The van der Waals surface area contributed by atoms with Gasteiger partial charge in [-0.3, -0.25) is 4.79 Å². The second-order valence-corrected chi connectivity index (χ2v) is 5.60. The van der Waals surface area contributed by atoms with E-state index in [4.69, 9.17) is 4.74 Å². The summed E-state index contributed by atoms with van der Waals surface area (Å²) in [7, 11) is 1.66. The first-order valence-electron chi connectivity index (χ1n) is 7.51. The van der Waals surface area contributed by atoms with Gasteiger partial charge in [0.2, 0.25) is 0 Å². The molecule has 0 N–H and O–H groups in total. The van der Waals surface area contributed by atoms with Gasteiger partial charge in [0.15, 0.2) is 0 Å². The van der Waals surface area contributed by atoms with Crippen molar-refractivity contribution in [3.05, 3.63) is 65.2 Å². The number of ether oxygens (including phenoxy) is 1. The SMILES string of the molecule is COc1ccc(CCC(=O)C2CCc3ccccc32)cc1. The Morgan fingerprint density at radius 2 is 1.90 bits per heavy atom. The molecule has 0 aromatic heterocycles. The van der Waals surface area contributed by atoms with Crippen molar-refractivity contribution in [2.24, 2.45) is 0 Å². The van der Waals surface area contributed by atoms with Gasteiger partial charge in [-0.2, -0.15) is 0 Å². The van der Waals surface area contributed by atoms with Crippen LogP contribution in [0.5, 0.6) is 5.75 Å². The summed E-state index contributed by atoms with van der Waals surface area (Å²) in [6, 6.07) is 16.3. The maximum atomic E-state index is 12.5. The molecule has 2 heteroatoms. The Kier molecular flexibility index (Phi) is 4.05. The van der Waals surface area contributed by atoms with Crippen LogP contribution in [0.3, 0.4) is 0 Å². The van der Waals surface area contributed by atoms with E-state index in [1.54, 1.807) is 7.11 Å². The Morgan fingerprint density at radius 1 is 1.14 bits per heavy atom. The van der Waals surface area contributed by atoms with Crippen molar-refractivity contribution >= 4 is 5.78 Å². The Morgan fingerprint density at radius 3 is 2.67 bits per heavy atom. The van der Waals surface area contributed by atoms with Crippen LogP contribution in [0.2, 0.25) is 0 Å². The van der Waals surface area contributed by atoms with Crippen molar-refractivity contribution in [2.45, 2.75) is 31.6 Å². The average Bonchev–Trinajstić information content (AvgIpc) is 2.97. The van der Waals surface area contributed by atoms with Crippen molar-refractivity contribution in [1.82, 2.24) is 0 Å². The van der Waals surface area contributed by atoms with Gasteiger partial charge in [-0.15, -0.1) is 0 Å². The number of Topliss-reactive ketones (excluding diaryl/α,β-unsaturated/α-hetero) is 1. The lowest BCUT2D eigenvalue weighted by Gasteiger charge is -2.10. The molecule has 2 nitrogen and oxygen atoms in total. The average molecular weight is 280 g/mol. The van der Waals surface area contributed by atoms with Crippen molar-refractivity contribution in [1.29, 1.82) is 0 Å². The van der Waals surface area contributed by atoms with Gasteiger partial charge in [-0.1, -0.05) is 36.4 Å². The predicted octanol–water partition coefficient (Wildman–Crippen LogP) is 3.93. The number of methoxy groups -OCH3 is 1. The van der Waals surface area contributed by atoms with E-state index in [1.165, 1.54) is 16.7 Å². The lowest BCUT2D eigenvalue weighted by molar-refractivity contribution is -0.120. The number of carbonyl (C=O) groups is 1. The first-order chi connectivity index (χ1) is 10.3. The first kappa shape index (κ1) is 13.9. The van der Waals surface area contributed by atoms with Crippen LogP contribution >= 0.6 is 0 Å². The number of hydrogen-bond acceptors (Lipinski definition) is 2. The minimum atomic E-state index is 0.111. The van der Waals surface area contributed by atoms with Crippen LogP contribution in [-0.4, -0.2) is 12.9 Å². The molecule has 108 valence electrons. The van der Waals surface area contributed by atoms with Gasteiger partial charge >= 0.3 is 0 Å². The summed E-state index contributed by atoms with van der Waals surface area (Å²) >= 11 is 0. The molecule has 2 aromatic carbocycles. The van der Waals surface area contributed by atoms with Gasteiger partial charge in [0.25, 0.3) is 0 Å². The van der Waals surface area contributed by atoms with Crippen LogP contribution < -0.4 is 4.74 Å². The zero-order valence-electron chi connectivity index (χ0n) is 12.3. The molecule has 0 spiro atoms. The van der Waals surface area contributed by atoms with Crippen molar-refractivity contribution in [2.75, 3.05) is 7.11 Å². The standard InChI is InChI=1S/C19H20O2/c1-21-16-10-6-14(7-11-16)8-13-19(20)18-12-9-15-4-2-3-5-17(15)18/h2-7,10-11,18H,8-9,12-13H2,1H3. The van der Waals surface area contributed by atoms with Gasteiger partial charge in [0.05, 0.1) is 7.11 Å². The van der Waals surface area contributed by atoms with E-state index < -0.39 is 0 Å². The molecule has 0 amide bonds. The van der Waals surface area contributed by atoms with E-state index in [1.807, 2.05) is 30.3 Å². The quantitative estimate of drug-likeness (QED) is 0.829. The van der Waals surface area contributed by atoms with Crippen LogP contribution in [0.25, 0.3) is 0 Å². The predicted molar refractivity (Wildman–Crippen MR) is 83.8 cm³/mol. The molecule has 0 saturated carbocycles. The Hall–Kier alpha value is -2.09. The van der Waals surface area contributed by atoms with E-state index in [0.717, 1.165) is 25.0 Å². The summed E-state index contributed by atoms with van der Waals surface area (Å²) in [4.78, 5) is 12.5. The van der Waals surface area contributed by atoms with Gasteiger partial charge in [-0.05, 0) is 48.1 Å². The minimum Gasteiger partial charge on any atom is -0.497 e. The third-order valence-corrected chi connectivity index (χ3v) is 4.34. The summed E-state index contributed by atoms with van der Waals surface area (Å²) in [6.45, 7) is 0. The molecule has 3 rings (SSSR count). The summed E-state index contributed by atoms with van der Waals surface area (Å²) in [5, 5.41) is 0. The first-order valence-corrected chi connectivity index (χ1v) is 7.51. The maximum Gasteiger partial charge on any atom is 0.140 e. The van der Waals surface area contributed by atoms with Crippen molar-refractivity contribution < 1.29 is 9.53 Å². The van der Waals surface area contributed by atoms with Crippen LogP contribution in [-0.2, 0) is 17.6 Å². The molecule has 0 bridgehead atoms. The molecule has 21 heavy (non-hydrogen) atoms. The van der Waals surface area contributed by atoms with Crippen LogP contribution in [0.1, 0.15) is 35.4 Å². The largest absolute Gasteiger partial charge is 0.497 e. The van der Waals surface area contributed by atoms with Gasteiger partial charge in [0, 0.05) is 12.3 Å². The molecule has 0 radical (unpaired) electrons. The summed E-state index contributed by atoms with van der Waals surface area (Å²) < 4.78 is 5.15. The highest BCUT2D eigenvalue weighted by molar-refractivity contribution is 5.87. The number of aryl methyl sites for hydroxylation is 2. The molecule has 2 aromatic rings. The van der Waals surface area contributed by atoms with Gasteiger partial charge < -0.3 is 4.74 Å². The van der Waals surface area contributed by atoms with Crippen LogP contribution in [0.4, 0.5) is 0 Å². The molecule has 0 heterocycles. The van der Waals surface area contributed by atoms with Crippen LogP contribution in [0, 0.1) is 0 Å². The summed E-state index contributed by atoms with van der Waals surface area (Å²) in [6.07, 6.45) is 3.43. The highest BCUT2D eigenvalue weighted by atomic mass is 16.5. The topological polar surface area (TPSA) is 26.3 Å². The number of ketones is 1. The zero-order valence-corrected chi connectivity index (χ0v) is 12.3. The molecule has 1 unspecified atom stereocenters. The molecule has 0 aliphatic heterocycles. The molecule has 1 atom stereocenters. The minimum absolute atomic E-state index is 0.111. The number of carbonyl (C=O) groups excluding carboxylic acids is 1. The molecular weight excluding hydrogens is 260 g/mol. The Balaban J connectivity index is 1.62. The summed E-state index contributed by atoms with van der Waals surface area (Å²) in [5.41, 5.74) is 3.79.